The van der Waals surface area contributed by atoms with Crippen LogP contribution < -0.4 is 5.32 Å². The lowest BCUT2D eigenvalue weighted by Gasteiger charge is -2.06. The summed E-state index contributed by atoms with van der Waals surface area (Å²) in [6.07, 6.45) is 0.416. The van der Waals surface area contributed by atoms with Gasteiger partial charge in [-0.05, 0) is 41.8 Å². The molecule has 4 nitrogen and oxygen atoms in total. The monoisotopic (exact) mass is 342 g/mol. The van der Waals surface area contributed by atoms with Crippen molar-refractivity contribution in [3.05, 3.63) is 47.0 Å². The van der Waals surface area contributed by atoms with E-state index in [1.807, 2.05) is 18.2 Å². The van der Waals surface area contributed by atoms with Gasteiger partial charge >= 0.3 is 0 Å². The summed E-state index contributed by atoms with van der Waals surface area (Å²) in [6, 6.07) is 11.3. The van der Waals surface area contributed by atoms with E-state index >= 15 is 0 Å². The van der Waals surface area contributed by atoms with Crippen LogP contribution in [-0.4, -0.2) is 10.9 Å². The van der Waals surface area contributed by atoms with Crippen LogP contribution in [0.5, 0.6) is 0 Å². The van der Waals surface area contributed by atoms with Gasteiger partial charge in [0.25, 0.3) is 0 Å². The molecule has 3 aromatic rings. The molecule has 1 heterocycles. The number of nitrogens with zero attached hydrogens (tertiary/aromatic N) is 1. The Hall–Kier alpha value is -2.33. The van der Waals surface area contributed by atoms with Crippen LogP contribution in [0.25, 0.3) is 22.6 Å². The van der Waals surface area contributed by atoms with Gasteiger partial charge in [0, 0.05) is 12.1 Å². The van der Waals surface area contributed by atoms with Gasteiger partial charge in [0.05, 0.1) is 10.6 Å². The summed E-state index contributed by atoms with van der Waals surface area (Å²) in [4.78, 5) is 16.1. The molecule has 124 valence electrons. The van der Waals surface area contributed by atoms with Crippen molar-refractivity contribution in [3.8, 4) is 11.5 Å². The smallest absolute Gasteiger partial charge is 0.228 e. The Kier molecular flexibility index (Phi) is 4.58. The van der Waals surface area contributed by atoms with Crippen molar-refractivity contribution in [2.24, 2.45) is 0 Å². The second-order valence-corrected chi connectivity index (χ2v) is 6.40. The maximum Gasteiger partial charge on any atom is 0.228 e. The number of carbonyl (C=O) groups excluding carboxylic acids is 1. The number of anilines is 1. The van der Waals surface area contributed by atoms with E-state index in [1.165, 1.54) is 5.56 Å². The lowest BCUT2D eigenvalue weighted by molar-refractivity contribution is -0.115. The first-order valence-electron chi connectivity index (χ1n) is 7.98. The van der Waals surface area contributed by atoms with Crippen molar-refractivity contribution >= 4 is 34.3 Å². The van der Waals surface area contributed by atoms with E-state index in [0.717, 1.165) is 5.52 Å². The third-order valence-corrected chi connectivity index (χ3v) is 4.21. The van der Waals surface area contributed by atoms with Gasteiger partial charge < -0.3 is 9.73 Å². The highest BCUT2D eigenvalue weighted by molar-refractivity contribution is 6.33. The Labute approximate surface area is 145 Å². The lowest BCUT2D eigenvalue weighted by atomic mass is 10.0. The Bertz CT molecular complexity index is 900. The van der Waals surface area contributed by atoms with Gasteiger partial charge in [-0.3, -0.25) is 4.79 Å². The standard InChI is InChI=1S/C19H19ClN2O2/c1-4-18(23)21-13-6-7-15(20)14(10-13)19-22-16-9-12(11(2)3)5-8-17(16)24-19/h5-11H,4H2,1-3H3,(H,21,23). The topological polar surface area (TPSA) is 55.1 Å². The number of fused-ring (bicyclic) bond motifs is 1. The Morgan fingerprint density at radius 3 is 2.75 bits per heavy atom. The molecule has 3 rings (SSSR count). The van der Waals surface area contributed by atoms with Gasteiger partial charge in [0.15, 0.2) is 5.58 Å². The molecule has 0 aliphatic carbocycles. The van der Waals surface area contributed by atoms with Crippen LogP contribution in [0.1, 0.15) is 38.7 Å². The number of benzene rings is 2. The fourth-order valence-electron chi connectivity index (χ4n) is 2.44. The van der Waals surface area contributed by atoms with Crippen LogP contribution in [0.2, 0.25) is 5.02 Å². The first kappa shape index (κ1) is 16.5. The summed E-state index contributed by atoms with van der Waals surface area (Å²) < 4.78 is 5.85. The summed E-state index contributed by atoms with van der Waals surface area (Å²) in [5, 5.41) is 3.35. The average molecular weight is 343 g/mol. The van der Waals surface area contributed by atoms with E-state index in [9.17, 15) is 4.79 Å². The number of rotatable bonds is 4. The van der Waals surface area contributed by atoms with Crippen LogP contribution in [0.4, 0.5) is 5.69 Å². The maximum atomic E-state index is 11.6. The van der Waals surface area contributed by atoms with Gasteiger partial charge in [0.2, 0.25) is 11.8 Å². The Morgan fingerprint density at radius 2 is 2.04 bits per heavy atom. The first-order valence-corrected chi connectivity index (χ1v) is 8.36. The number of aromatic nitrogens is 1. The molecule has 0 spiro atoms. The largest absolute Gasteiger partial charge is 0.436 e. The van der Waals surface area contributed by atoms with E-state index < -0.39 is 0 Å². The molecule has 0 atom stereocenters. The zero-order valence-corrected chi connectivity index (χ0v) is 14.6. The molecule has 0 unspecified atom stereocenters. The highest BCUT2D eigenvalue weighted by Crippen LogP contribution is 2.33. The molecule has 1 amide bonds. The number of oxazole rings is 1. The molecule has 24 heavy (non-hydrogen) atoms. The molecule has 0 aliphatic heterocycles. The molecule has 0 saturated heterocycles. The molecule has 5 heteroatoms. The predicted octanol–water partition coefficient (Wildman–Crippen LogP) is 5.62. The predicted molar refractivity (Wildman–Crippen MR) is 97.5 cm³/mol. The molecule has 0 fully saturated rings. The molecular formula is C19H19ClN2O2. The van der Waals surface area contributed by atoms with E-state index in [4.69, 9.17) is 16.0 Å². The summed E-state index contributed by atoms with van der Waals surface area (Å²) in [6.45, 7) is 6.08. The van der Waals surface area contributed by atoms with Crippen LogP contribution in [0, 0.1) is 0 Å². The number of amides is 1. The normalized spacial score (nSPS) is 11.2. The second kappa shape index (κ2) is 6.65. The number of halogens is 1. The SMILES string of the molecule is CCC(=O)Nc1ccc(Cl)c(-c2nc3cc(C(C)C)ccc3o2)c1. The Balaban J connectivity index is 2.03. The zero-order chi connectivity index (χ0) is 17.3. The van der Waals surface area contributed by atoms with Crippen molar-refractivity contribution in [2.45, 2.75) is 33.1 Å². The van der Waals surface area contributed by atoms with Gasteiger partial charge in [-0.15, -0.1) is 0 Å². The number of hydrogen-bond acceptors (Lipinski definition) is 3. The fraction of sp³-hybridized carbons (Fsp3) is 0.263. The molecule has 0 bridgehead atoms. The van der Waals surface area contributed by atoms with Gasteiger partial charge in [-0.2, -0.15) is 0 Å². The minimum Gasteiger partial charge on any atom is -0.436 e. The zero-order valence-electron chi connectivity index (χ0n) is 13.9. The third-order valence-electron chi connectivity index (χ3n) is 3.88. The molecule has 0 saturated carbocycles. The lowest BCUT2D eigenvalue weighted by Crippen LogP contribution is -2.09. The number of hydrogen-bond donors (Lipinski definition) is 1. The molecular weight excluding hydrogens is 324 g/mol. The summed E-state index contributed by atoms with van der Waals surface area (Å²) in [5.74, 6) is 0.816. The summed E-state index contributed by atoms with van der Waals surface area (Å²) in [7, 11) is 0. The second-order valence-electron chi connectivity index (χ2n) is 6.00. The minimum absolute atomic E-state index is 0.0533. The first-order chi connectivity index (χ1) is 11.5. The van der Waals surface area contributed by atoms with Gasteiger partial charge in [0.1, 0.15) is 5.52 Å². The highest BCUT2D eigenvalue weighted by Gasteiger charge is 2.14. The van der Waals surface area contributed by atoms with Crippen LogP contribution in [0.15, 0.2) is 40.8 Å². The van der Waals surface area contributed by atoms with E-state index in [0.29, 0.717) is 40.1 Å². The van der Waals surface area contributed by atoms with Crippen LogP contribution in [-0.2, 0) is 4.79 Å². The van der Waals surface area contributed by atoms with Crippen LogP contribution in [0.3, 0.4) is 0 Å². The fourth-order valence-corrected chi connectivity index (χ4v) is 2.63. The van der Waals surface area contributed by atoms with E-state index in [-0.39, 0.29) is 5.91 Å². The summed E-state index contributed by atoms with van der Waals surface area (Å²) >= 11 is 6.30. The Morgan fingerprint density at radius 1 is 1.25 bits per heavy atom. The van der Waals surface area contributed by atoms with Gasteiger partial charge in [-0.1, -0.05) is 38.4 Å². The van der Waals surface area contributed by atoms with E-state index in [2.05, 4.69) is 24.1 Å². The van der Waals surface area contributed by atoms with Crippen LogP contribution >= 0.6 is 11.6 Å². The average Bonchev–Trinajstić information content (AvgIpc) is 2.99. The number of carbonyl (C=O) groups is 1. The third kappa shape index (κ3) is 3.29. The van der Waals surface area contributed by atoms with E-state index in [1.54, 1.807) is 25.1 Å². The molecule has 0 aliphatic rings. The quantitative estimate of drug-likeness (QED) is 0.669. The number of nitrogens with one attached hydrogen (secondary N) is 1. The molecule has 2 aromatic carbocycles. The minimum atomic E-state index is -0.0533. The highest BCUT2D eigenvalue weighted by atomic mass is 35.5. The molecule has 1 N–H and O–H groups in total. The summed E-state index contributed by atoms with van der Waals surface area (Å²) in [5.41, 5.74) is 4.06. The van der Waals surface area contributed by atoms with Crippen molar-refractivity contribution in [1.82, 2.24) is 4.98 Å². The van der Waals surface area contributed by atoms with Crippen molar-refractivity contribution < 1.29 is 9.21 Å². The van der Waals surface area contributed by atoms with Gasteiger partial charge in [-0.25, -0.2) is 4.98 Å². The molecule has 1 aromatic heterocycles. The maximum absolute atomic E-state index is 11.6. The van der Waals surface area contributed by atoms with Crippen molar-refractivity contribution in [3.63, 3.8) is 0 Å². The molecule has 0 radical (unpaired) electrons. The van der Waals surface area contributed by atoms with Crippen molar-refractivity contribution in [1.29, 1.82) is 0 Å². The van der Waals surface area contributed by atoms with Crippen molar-refractivity contribution in [2.75, 3.05) is 5.32 Å².